The fourth-order valence-electron chi connectivity index (χ4n) is 6.54. The van der Waals surface area contributed by atoms with Crippen LogP contribution in [-0.2, 0) is 22.6 Å². The lowest BCUT2D eigenvalue weighted by Crippen LogP contribution is -2.46. The molecular formula is C37H43N5O8. The first-order valence-corrected chi connectivity index (χ1v) is 16.6. The van der Waals surface area contributed by atoms with Gasteiger partial charge in [0.05, 0.1) is 44.1 Å². The maximum atomic E-state index is 13.9. The number of nitrogens with zero attached hydrogens (tertiary/aromatic N) is 1. The topological polar surface area (TPSA) is 170 Å². The molecule has 0 bridgehead atoms. The Hall–Kier alpha value is -5.59. The number of hydrogen-bond acceptors (Lipinski definition) is 9. The Labute approximate surface area is 289 Å². The second kappa shape index (κ2) is 15.3. The van der Waals surface area contributed by atoms with Crippen molar-refractivity contribution in [3.8, 4) is 28.4 Å². The van der Waals surface area contributed by atoms with Crippen LogP contribution in [0, 0.1) is 5.92 Å². The molecule has 3 aromatic carbocycles. The minimum atomic E-state index is -0.806. The quantitative estimate of drug-likeness (QED) is 0.163. The highest BCUT2D eigenvalue weighted by molar-refractivity contribution is 5.86. The zero-order chi connectivity index (χ0) is 36.1. The van der Waals surface area contributed by atoms with Crippen LogP contribution in [0.4, 0.5) is 5.69 Å². The smallest absolute Gasteiger partial charge is 0.316 e. The Morgan fingerprint density at radius 2 is 1.74 bits per heavy atom. The molecule has 50 heavy (non-hydrogen) atoms. The molecule has 1 aliphatic carbocycles. The number of ether oxygens (including phenoxy) is 3. The molecule has 3 atom stereocenters. The minimum Gasteiger partial charge on any atom is -0.493 e. The third-order valence-corrected chi connectivity index (χ3v) is 9.24. The average Bonchev–Trinajstić information content (AvgIpc) is 3.35. The van der Waals surface area contributed by atoms with E-state index in [9.17, 15) is 24.0 Å². The van der Waals surface area contributed by atoms with Crippen LogP contribution in [0.2, 0.25) is 0 Å². The lowest BCUT2D eigenvalue weighted by Gasteiger charge is -2.24. The molecule has 0 aliphatic heterocycles. The highest BCUT2D eigenvalue weighted by atomic mass is 16.5. The number of aromatic nitrogens is 2. The van der Waals surface area contributed by atoms with E-state index in [0.717, 1.165) is 5.56 Å². The molecular weight excluding hydrogens is 642 g/mol. The summed E-state index contributed by atoms with van der Waals surface area (Å²) in [6.45, 7) is 5.43. The fraction of sp³-hybridized carbons (Fsp3) is 0.378. The number of aromatic amines is 1. The van der Waals surface area contributed by atoms with Crippen LogP contribution in [-0.4, -0.2) is 55.3 Å². The molecule has 5 rings (SSSR count). The van der Waals surface area contributed by atoms with Gasteiger partial charge >= 0.3 is 11.1 Å². The van der Waals surface area contributed by atoms with Crippen LogP contribution in [0.1, 0.15) is 50.8 Å². The third kappa shape index (κ3) is 7.07. The summed E-state index contributed by atoms with van der Waals surface area (Å²) in [7, 11) is 4.60. The molecule has 2 amide bonds. The van der Waals surface area contributed by atoms with Gasteiger partial charge in [-0.3, -0.25) is 24.0 Å². The van der Waals surface area contributed by atoms with Crippen LogP contribution < -0.4 is 46.7 Å². The molecule has 0 fully saturated rings. The third-order valence-electron chi connectivity index (χ3n) is 9.24. The van der Waals surface area contributed by atoms with Crippen molar-refractivity contribution in [2.45, 2.75) is 58.7 Å². The van der Waals surface area contributed by atoms with Crippen molar-refractivity contribution in [3.05, 3.63) is 90.6 Å². The van der Waals surface area contributed by atoms with Gasteiger partial charge in [-0.05, 0) is 65.8 Å². The number of H-pyrrole nitrogens is 1. The average molecular weight is 686 g/mol. The molecule has 264 valence electrons. The first-order chi connectivity index (χ1) is 24.0. The number of nitrogens with one attached hydrogen (secondary N) is 4. The van der Waals surface area contributed by atoms with Gasteiger partial charge in [-0.15, -0.1) is 0 Å². The van der Waals surface area contributed by atoms with Gasteiger partial charge in [0.1, 0.15) is 6.04 Å². The molecule has 4 aromatic rings. The van der Waals surface area contributed by atoms with Crippen LogP contribution in [0.5, 0.6) is 17.2 Å². The van der Waals surface area contributed by atoms with Crippen molar-refractivity contribution >= 4 is 28.5 Å². The number of benzene rings is 2. The van der Waals surface area contributed by atoms with Crippen molar-refractivity contribution in [2.24, 2.45) is 5.92 Å². The van der Waals surface area contributed by atoms with Crippen molar-refractivity contribution in [3.63, 3.8) is 0 Å². The Morgan fingerprint density at radius 1 is 1.00 bits per heavy atom. The lowest BCUT2D eigenvalue weighted by atomic mass is 9.95. The van der Waals surface area contributed by atoms with E-state index in [0.29, 0.717) is 64.2 Å². The lowest BCUT2D eigenvalue weighted by molar-refractivity contribution is -0.123. The summed E-state index contributed by atoms with van der Waals surface area (Å²) in [5.41, 5.74) is 2.30. The van der Waals surface area contributed by atoms with Crippen LogP contribution >= 0.6 is 0 Å². The largest absolute Gasteiger partial charge is 0.493 e. The van der Waals surface area contributed by atoms with E-state index >= 15 is 0 Å². The highest BCUT2D eigenvalue weighted by Crippen LogP contribution is 2.50. The standard InChI is InChI=1S/C37H43N5O8/c1-7-20(2)32(35(45)38-16-17-42-28-11-9-8-10-26(28)41-36(46)37(42)47)40-27-15-13-23-24(19-29(27)44)25(39-21(3)43)14-12-22-18-30(48-4)33(49-5)34(50-6)31(22)23/h8-11,13,15,18-20,25,32H,7,12,14,16-17H2,1-6H3,(H,38,45)(H,39,43)(H,40,44)(H,41,46)/t20-,25+,32+/m1/s1. The number of rotatable bonds is 12. The number of para-hydroxylation sites is 2. The van der Waals surface area contributed by atoms with Crippen LogP contribution in [0.3, 0.4) is 0 Å². The molecule has 13 heteroatoms. The Kier molecular flexibility index (Phi) is 10.9. The molecule has 1 aromatic heterocycles. The molecule has 0 saturated heterocycles. The summed E-state index contributed by atoms with van der Waals surface area (Å²) in [4.78, 5) is 67.4. The van der Waals surface area contributed by atoms with Gasteiger partial charge in [0.15, 0.2) is 11.5 Å². The van der Waals surface area contributed by atoms with E-state index < -0.39 is 23.2 Å². The molecule has 0 saturated carbocycles. The van der Waals surface area contributed by atoms with Gasteiger partial charge in [0.25, 0.3) is 0 Å². The van der Waals surface area contributed by atoms with E-state index in [-0.39, 0.29) is 41.9 Å². The number of carbonyl (C=O) groups is 2. The predicted octanol–water partition coefficient (Wildman–Crippen LogP) is 3.51. The molecule has 4 N–H and O–H groups in total. The normalized spacial score (nSPS) is 14.7. The summed E-state index contributed by atoms with van der Waals surface area (Å²) < 4.78 is 18.5. The number of anilines is 1. The predicted molar refractivity (Wildman–Crippen MR) is 191 cm³/mol. The monoisotopic (exact) mass is 685 g/mol. The van der Waals surface area contributed by atoms with Gasteiger partial charge in [-0.25, -0.2) is 0 Å². The van der Waals surface area contributed by atoms with Crippen molar-refractivity contribution in [1.29, 1.82) is 0 Å². The van der Waals surface area contributed by atoms with E-state index in [4.69, 9.17) is 14.2 Å². The number of fused-ring (bicyclic) bond motifs is 4. The fourth-order valence-corrected chi connectivity index (χ4v) is 6.54. The van der Waals surface area contributed by atoms with Gasteiger partial charge < -0.3 is 39.7 Å². The number of hydrogen-bond donors (Lipinski definition) is 4. The maximum absolute atomic E-state index is 13.9. The zero-order valence-electron chi connectivity index (χ0n) is 29.1. The Bertz CT molecular complexity index is 2110. The van der Waals surface area contributed by atoms with Gasteiger partial charge in [0, 0.05) is 25.6 Å². The van der Waals surface area contributed by atoms with Gasteiger partial charge in [-0.1, -0.05) is 38.5 Å². The Morgan fingerprint density at radius 3 is 2.42 bits per heavy atom. The molecule has 0 unspecified atom stereocenters. The summed E-state index contributed by atoms with van der Waals surface area (Å²) in [5.74, 6) is 0.529. The number of methoxy groups -OCH3 is 3. The van der Waals surface area contributed by atoms with E-state index in [1.54, 1.807) is 43.5 Å². The minimum absolute atomic E-state index is 0.0715. The van der Waals surface area contributed by atoms with E-state index in [2.05, 4.69) is 20.9 Å². The molecule has 1 heterocycles. The summed E-state index contributed by atoms with van der Waals surface area (Å²) in [6, 6.07) is 12.5. The zero-order valence-corrected chi connectivity index (χ0v) is 29.1. The van der Waals surface area contributed by atoms with Crippen molar-refractivity contribution in [1.82, 2.24) is 20.2 Å². The SMILES string of the molecule is CC[C@@H](C)[C@H](Nc1ccc2c(cc1=O)[C@@H](NC(C)=O)CCc1cc(OC)c(OC)c(OC)c1-2)C(=O)NCCn1c(=O)c(=O)[nH]c2ccccc21. The number of carbonyl (C=O) groups excluding carboxylic acids is 2. The Balaban J connectivity index is 1.51. The summed E-state index contributed by atoms with van der Waals surface area (Å²) >= 11 is 0. The second-order valence-corrected chi connectivity index (χ2v) is 12.3. The highest BCUT2D eigenvalue weighted by Gasteiger charge is 2.30. The van der Waals surface area contributed by atoms with Crippen LogP contribution in [0.25, 0.3) is 22.2 Å². The van der Waals surface area contributed by atoms with Crippen LogP contribution in [0.15, 0.2) is 62.9 Å². The maximum Gasteiger partial charge on any atom is 0.316 e. The van der Waals surface area contributed by atoms with E-state index in [1.807, 2.05) is 19.9 Å². The second-order valence-electron chi connectivity index (χ2n) is 12.3. The molecule has 0 radical (unpaired) electrons. The number of aryl methyl sites for hydroxylation is 1. The number of amides is 2. The van der Waals surface area contributed by atoms with Gasteiger partial charge in [0.2, 0.25) is 23.0 Å². The molecule has 1 aliphatic rings. The van der Waals surface area contributed by atoms with E-state index in [1.165, 1.54) is 31.8 Å². The van der Waals surface area contributed by atoms with Crippen molar-refractivity contribution < 1.29 is 23.8 Å². The summed E-state index contributed by atoms with van der Waals surface area (Å²) in [5, 5.41) is 9.07. The molecule has 0 spiro atoms. The first kappa shape index (κ1) is 35.7. The summed E-state index contributed by atoms with van der Waals surface area (Å²) in [6.07, 6.45) is 1.70. The van der Waals surface area contributed by atoms with Gasteiger partial charge in [-0.2, -0.15) is 0 Å². The van der Waals surface area contributed by atoms with Crippen molar-refractivity contribution in [2.75, 3.05) is 33.2 Å². The molecule has 13 nitrogen and oxygen atoms in total. The first-order valence-electron chi connectivity index (χ1n) is 16.6.